The van der Waals surface area contributed by atoms with Crippen LogP contribution in [-0.4, -0.2) is 44.7 Å². The van der Waals surface area contributed by atoms with Gasteiger partial charge in [0.1, 0.15) is 0 Å². The number of nitrogens with zero attached hydrogens (tertiary/aromatic N) is 2. The topological polar surface area (TPSA) is 18.5 Å². The standard InChI is InChI=1S/C18H31N3/c1-4-21(5-2)18-10-8-16(9-11-18)13-19-14-17-7-6-12-20(3)15-17/h8-11,17,19H,4-7,12-15H2,1-3H3. The summed E-state index contributed by atoms with van der Waals surface area (Å²) in [6.07, 6.45) is 2.72. The van der Waals surface area contributed by atoms with E-state index in [2.05, 4.69) is 60.3 Å². The van der Waals surface area contributed by atoms with Crippen molar-refractivity contribution in [2.45, 2.75) is 33.2 Å². The van der Waals surface area contributed by atoms with Crippen molar-refractivity contribution in [2.75, 3.05) is 44.7 Å². The second kappa shape index (κ2) is 8.40. The van der Waals surface area contributed by atoms with E-state index in [-0.39, 0.29) is 0 Å². The Bertz CT molecular complexity index is 397. The van der Waals surface area contributed by atoms with Gasteiger partial charge in [-0.1, -0.05) is 12.1 Å². The molecule has 1 heterocycles. The molecule has 1 atom stereocenters. The lowest BCUT2D eigenvalue weighted by Gasteiger charge is -2.29. The van der Waals surface area contributed by atoms with Gasteiger partial charge in [0, 0.05) is 31.9 Å². The van der Waals surface area contributed by atoms with Crippen LogP contribution < -0.4 is 10.2 Å². The highest BCUT2D eigenvalue weighted by atomic mass is 15.1. The third kappa shape index (κ3) is 5.01. The van der Waals surface area contributed by atoms with E-state index in [0.717, 1.165) is 32.1 Å². The summed E-state index contributed by atoms with van der Waals surface area (Å²) in [5, 5.41) is 3.63. The first kappa shape index (κ1) is 16.3. The number of nitrogens with one attached hydrogen (secondary N) is 1. The number of hydrogen-bond donors (Lipinski definition) is 1. The first-order valence-electron chi connectivity index (χ1n) is 8.46. The van der Waals surface area contributed by atoms with Gasteiger partial charge in [-0.2, -0.15) is 0 Å². The third-order valence-corrected chi connectivity index (χ3v) is 4.55. The highest BCUT2D eigenvalue weighted by Gasteiger charge is 2.16. The van der Waals surface area contributed by atoms with E-state index in [0.29, 0.717) is 0 Å². The number of piperidine rings is 1. The van der Waals surface area contributed by atoms with Gasteiger partial charge in [0.15, 0.2) is 0 Å². The van der Waals surface area contributed by atoms with E-state index < -0.39 is 0 Å². The van der Waals surface area contributed by atoms with Crippen LogP contribution in [0.4, 0.5) is 5.69 Å². The Labute approximate surface area is 130 Å². The van der Waals surface area contributed by atoms with Crippen LogP contribution in [0, 0.1) is 5.92 Å². The molecular weight excluding hydrogens is 258 g/mol. The first-order chi connectivity index (χ1) is 10.2. The normalized spacial score (nSPS) is 19.7. The lowest BCUT2D eigenvalue weighted by atomic mass is 9.98. The summed E-state index contributed by atoms with van der Waals surface area (Å²) < 4.78 is 0. The molecule has 1 unspecified atom stereocenters. The van der Waals surface area contributed by atoms with Crippen LogP contribution in [0.1, 0.15) is 32.3 Å². The maximum Gasteiger partial charge on any atom is 0.0366 e. The van der Waals surface area contributed by atoms with Crippen molar-refractivity contribution in [2.24, 2.45) is 5.92 Å². The summed E-state index contributed by atoms with van der Waals surface area (Å²) in [4.78, 5) is 4.84. The van der Waals surface area contributed by atoms with Crippen LogP contribution in [0.15, 0.2) is 24.3 Å². The van der Waals surface area contributed by atoms with Crippen LogP contribution in [0.3, 0.4) is 0 Å². The summed E-state index contributed by atoms with van der Waals surface area (Å²) in [6, 6.07) is 9.01. The first-order valence-corrected chi connectivity index (χ1v) is 8.46. The number of likely N-dealkylation sites (tertiary alicyclic amines) is 1. The number of rotatable bonds is 7. The fourth-order valence-electron chi connectivity index (χ4n) is 3.27. The summed E-state index contributed by atoms with van der Waals surface area (Å²) in [5.74, 6) is 0.818. The molecule has 3 nitrogen and oxygen atoms in total. The minimum Gasteiger partial charge on any atom is -0.372 e. The maximum atomic E-state index is 3.63. The van der Waals surface area contributed by atoms with Crippen molar-refractivity contribution >= 4 is 5.69 Å². The van der Waals surface area contributed by atoms with Gasteiger partial charge in [0.05, 0.1) is 0 Å². The minimum absolute atomic E-state index is 0.818. The molecule has 0 aromatic heterocycles. The van der Waals surface area contributed by atoms with Gasteiger partial charge in [-0.25, -0.2) is 0 Å². The van der Waals surface area contributed by atoms with Crippen molar-refractivity contribution in [3.63, 3.8) is 0 Å². The lowest BCUT2D eigenvalue weighted by Crippen LogP contribution is -2.37. The molecule has 0 spiro atoms. The van der Waals surface area contributed by atoms with E-state index in [9.17, 15) is 0 Å². The highest BCUT2D eigenvalue weighted by Crippen LogP contribution is 2.16. The van der Waals surface area contributed by atoms with Gasteiger partial charge in [-0.05, 0) is 70.4 Å². The third-order valence-electron chi connectivity index (χ3n) is 4.55. The van der Waals surface area contributed by atoms with Crippen LogP contribution in [0.5, 0.6) is 0 Å². The number of hydrogen-bond acceptors (Lipinski definition) is 3. The number of benzene rings is 1. The average Bonchev–Trinajstić information content (AvgIpc) is 2.50. The van der Waals surface area contributed by atoms with Crippen LogP contribution in [0.2, 0.25) is 0 Å². The van der Waals surface area contributed by atoms with E-state index >= 15 is 0 Å². The molecule has 0 aliphatic carbocycles. The van der Waals surface area contributed by atoms with E-state index in [1.807, 2.05) is 0 Å². The molecule has 0 radical (unpaired) electrons. The molecule has 1 N–H and O–H groups in total. The predicted molar refractivity (Wildman–Crippen MR) is 91.9 cm³/mol. The second-order valence-electron chi connectivity index (χ2n) is 6.24. The Morgan fingerprint density at radius 3 is 2.52 bits per heavy atom. The SMILES string of the molecule is CCN(CC)c1ccc(CNCC2CCCN(C)C2)cc1. The van der Waals surface area contributed by atoms with Gasteiger partial charge in [-0.3, -0.25) is 0 Å². The fraction of sp³-hybridized carbons (Fsp3) is 0.667. The van der Waals surface area contributed by atoms with Crippen molar-refractivity contribution in [1.82, 2.24) is 10.2 Å². The molecule has 3 heteroatoms. The Kier molecular flexibility index (Phi) is 6.52. The monoisotopic (exact) mass is 289 g/mol. The van der Waals surface area contributed by atoms with E-state index in [1.165, 1.54) is 37.2 Å². The molecule has 0 amide bonds. The van der Waals surface area contributed by atoms with E-state index in [4.69, 9.17) is 0 Å². The second-order valence-corrected chi connectivity index (χ2v) is 6.24. The highest BCUT2D eigenvalue weighted by molar-refractivity contribution is 5.47. The molecule has 1 aliphatic heterocycles. The summed E-state index contributed by atoms with van der Waals surface area (Å²) >= 11 is 0. The molecule has 0 bridgehead atoms. The van der Waals surface area contributed by atoms with Gasteiger partial charge in [0.25, 0.3) is 0 Å². The number of anilines is 1. The Hall–Kier alpha value is -1.06. The zero-order valence-electron chi connectivity index (χ0n) is 13.9. The van der Waals surface area contributed by atoms with Crippen molar-refractivity contribution in [1.29, 1.82) is 0 Å². The zero-order valence-corrected chi connectivity index (χ0v) is 13.9. The molecule has 1 aromatic carbocycles. The van der Waals surface area contributed by atoms with Crippen molar-refractivity contribution in [3.05, 3.63) is 29.8 Å². The minimum atomic E-state index is 0.818. The smallest absolute Gasteiger partial charge is 0.0366 e. The lowest BCUT2D eigenvalue weighted by molar-refractivity contribution is 0.206. The molecule has 1 aromatic rings. The Morgan fingerprint density at radius 1 is 1.19 bits per heavy atom. The van der Waals surface area contributed by atoms with Gasteiger partial charge < -0.3 is 15.1 Å². The molecule has 1 saturated heterocycles. The molecule has 0 saturated carbocycles. The fourth-order valence-corrected chi connectivity index (χ4v) is 3.27. The summed E-state index contributed by atoms with van der Waals surface area (Å²) in [6.45, 7) is 11.2. The average molecular weight is 289 g/mol. The molecule has 1 aliphatic rings. The summed E-state index contributed by atoms with van der Waals surface area (Å²) in [5.41, 5.74) is 2.72. The van der Waals surface area contributed by atoms with Crippen LogP contribution >= 0.6 is 0 Å². The molecule has 118 valence electrons. The molecular formula is C18H31N3. The van der Waals surface area contributed by atoms with Gasteiger partial charge >= 0.3 is 0 Å². The summed E-state index contributed by atoms with van der Waals surface area (Å²) in [7, 11) is 2.23. The van der Waals surface area contributed by atoms with E-state index in [1.54, 1.807) is 0 Å². The quantitative estimate of drug-likeness (QED) is 0.832. The Balaban J connectivity index is 1.75. The predicted octanol–water partition coefficient (Wildman–Crippen LogP) is 2.96. The largest absolute Gasteiger partial charge is 0.372 e. The van der Waals surface area contributed by atoms with Crippen molar-refractivity contribution in [3.8, 4) is 0 Å². The van der Waals surface area contributed by atoms with Gasteiger partial charge in [-0.15, -0.1) is 0 Å². The zero-order chi connectivity index (χ0) is 15.1. The molecule has 21 heavy (non-hydrogen) atoms. The molecule has 1 fully saturated rings. The van der Waals surface area contributed by atoms with Gasteiger partial charge in [0.2, 0.25) is 0 Å². The maximum absolute atomic E-state index is 3.63. The van der Waals surface area contributed by atoms with Crippen molar-refractivity contribution < 1.29 is 0 Å². The van der Waals surface area contributed by atoms with Crippen LogP contribution in [-0.2, 0) is 6.54 Å². The van der Waals surface area contributed by atoms with Crippen LogP contribution in [0.25, 0.3) is 0 Å². The Morgan fingerprint density at radius 2 is 1.90 bits per heavy atom. The molecule has 2 rings (SSSR count).